The Hall–Kier alpha value is -1.88. The van der Waals surface area contributed by atoms with Crippen molar-refractivity contribution in [3.8, 4) is 5.75 Å². The molecule has 0 bridgehead atoms. The molecule has 3 nitrogen and oxygen atoms in total. The lowest BCUT2D eigenvalue weighted by atomic mass is 10.1. The lowest BCUT2D eigenvalue weighted by molar-refractivity contribution is 0.381. The summed E-state index contributed by atoms with van der Waals surface area (Å²) in [6.07, 6.45) is 0.173. The Balaban J connectivity index is 2.26. The third kappa shape index (κ3) is 2.51. The summed E-state index contributed by atoms with van der Waals surface area (Å²) >= 11 is 0. The summed E-state index contributed by atoms with van der Waals surface area (Å²) in [6.45, 7) is 0.277. The molecule has 0 spiro atoms. The third-order valence-electron chi connectivity index (χ3n) is 2.60. The molecular formula is C13H13F2NO2. The molecule has 0 aliphatic rings. The number of methoxy groups -OCH3 is 1. The van der Waals surface area contributed by atoms with E-state index in [0.717, 1.165) is 12.1 Å². The summed E-state index contributed by atoms with van der Waals surface area (Å²) in [5, 5.41) is 0. The van der Waals surface area contributed by atoms with Crippen molar-refractivity contribution in [2.24, 2.45) is 5.73 Å². The lowest BCUT2D eigenvalue weighted by Gasteiger charge is -2.06. The Morgan fingerprint density at radius 1 is 1.17 bits per heavy atom. The molecule has 0 aliphatic carbocycles. The Morgan fingerprint density at radius 3 is 2.50 bits per heavy atom. The van der Waals surface area contributed by atoms with Crippen LogP contribution in [0.5, 0.6) is 5.75 Å². The monoisotopic (exact) mass is 253 g/mol. The normalized spacial score (nSPS) is 10.7. The molecule has 0 unspecified atom stereocenters. The van der Waals surface area contributed by atoms with Gasteiger partial charge >= 0.3 is 0 Å². The van der Waals surface area contributed by atoms with Crippen LogP contribution >= 0.6 is 0 Å². The van der Waals surface area contributed by atoms with E-state index in [-0.39, 0.29) is 24.3 Å². The molecule has 0 atom stereocenters. The minimum absolute atomic E-state index is 0.113. The van der Waals surface area contributed by atoms with Gasteiger partial charge < -0.3 is 14.9 Å². The van der Waals surface area contributed by atoms with E-state index < -0.39 is 11.6 Å². The van der Waals surface area contributed by atoms with Gasteiger partial charge in [-0.1, -0.05) is 0 Å². The van der Waals surface area contributed by atoms with Crippen molar-refractivity contribution in [1.82, 2.24) is 0 Å². The minimum atomic E-state index is -0.598. The number of hydrogen-bond donors (Lipinski definition) is 1. The number of nitrogens with two attached hydrogens (primary N) is 1. The molecule has 0 aliphatic heterocycles. The minimum Gasteiger partial charge on any atom is -0.494 e. The van der Waals surface area contributed by atoms with Gasteiger partial charge in [0.2, 0.25) is 0 Å². The summed E-state index contributed by atoms with van der Waals surface area (Å²) in [4.78, 5) is 0. The highest BCUT2D eigenvalue weighted by molar-refractivity contribution is 5.32. The fourth-order valence-corrected chi connectivity index (χ4v) is 1.68. The van der Waals surface area contributed by atoms with Crippen molar-refractivity contribution < 1.29 is 17.9 Å². The molecule has 2 rings (SSSR count). The molecule has 0 fully saturated rings. The van der Waals surface area contributed by atoms with Gasteiger partial charge in [-0.2, -0.15) is 0 Å². The predicted octanol–water partition coefficient (Wildman–Crippen LogP) is 2.62. The van der Waals surface area contributed by atoms with Crippen LogP contribution in [0.15, 0.2) is 28.7 Å². The van der Waals surface area contributed by atoms with Gasteiger partial charge in [0, 0.05) is 12.5 Å². The molecule has 5 heteroatoms. The molecule has 1 aromatic carbocycles. The van der Waals surface area contributed by atoms with Crippen molar-refractivity contribution in [2.75, 3.05) is 7.11 Å². The van der Waals surface area contributed by atoms with E-state index in [1.165, 1.54) is 7.11 Å². The van der Waals surface area contributed by atoms with Crippen LogP contribution in [0.2, 0.25) is 0 Å². The summed E-state index contributed by atoms with van der Waals surface area (Å²) in [5.74, 6) is -0.0879. The third-order valence-corrected chi connectivity index (χ3v) is 2.60. The van der Waals surface area contributed by atoms with Crippen molar-refractivity contribution in [1.29, 1.82) is 0 Å². The van der Waals surface area contributed by atoms with Crippen molar-refractivity contribution in [3.63, 3.8) is 0 Å². The number of hydrogen-bond acceptors (Lipinski definition) is 3. The van der Waals surface area contributed by atoms with Gasteiger partial charge in [0.1, 0.15) is 17.3 Å². The SMILES string of the molecule is COc1cc(F)c(Cc2ccc(CN)o2)cc1F. The molecule has 96 valence electrons. The zero-order valence-electron chi connectivity index (χ0n) is 9.87. The second kappa shape index (κ2) is 5.18. The van der Waals surface area contributed by atoms with Crippen LogP contribution in [-0.2, 0) is 13.0 Å². The first-order chi connectivity index (χ1) is 8.63. The molecule has 0 amide bonds. The number of furan rings is 1. The highest BCUT2D eigenvalue weighted by atomic mass is 19.1. The van der Waals surface area contributed by atoms with E-state index in [4.69, 9.17) is 14.9 Å². The maximum Gasteiger partial charge on any atom is 0.165 e. The van der Waals surface area contributed by atoms with Gasteiger partial charge in [0.05, 0.1) is 13.7 Å². The molecule has 18 heavy (non-hydrogen) atoms. The fraction of sp³-hybridized carbons (Fsp3) is 0.231. The predicted molar refractivity (Wildman–Crippen MR) is 62.3 cm³/mol. The van der Waals surface area contributed by atoms with Crippen LogP contribution in [0.25, 0.3) is 0 Å². The Morgan fingerprint density at radius 2 is 1.89 bits per heavy atom. The van der Waals surface area contributed by atoms with Gasteiger partial charge in [-0.25, -0.2) is 8.78 Å². The quantitative estimate of drug-likeness (QED) is 0.911. The van der Waals surface area contributed by atoms with Crippen LogP contribution in [0, 0.1) is 11.6 Å². The molecule has 0 radical (unpaired) electrons. The van der Waals surface area contributed by atoms with E-state index >= 15 is 0 Å². The molecule has 0 saturated heterocycles. The van der Waals surface area contributed by atoms with E-state index in [2.05, 4.69) is 0 Å². The smallest absolute Gasteiger partial charge is 0.165 e. The number of ether oxygens (including phenoxy) is 1. The highest BCUT2D eigenvalue weighted by Crippen LogP contribution is 2.23. The topological polar surface area (TPSA) is 48.4 Å². The van der Waals surface area contributed by atoms with Gasteiger partial charge in [-0.15, -0.1) is 0 Å². The largest absolute Gasteiger partial charge is 0.494 e. The molecule has 0 saturated carbocycles. The Labute approximate surface area is 103 Å². The highest BCUT2D eigenvalue weighted by Gasteiger charge is 2.12. The first-order valence-electron chi connectivity index (χ1n) is 5.43. The molecule has 1 aromatic heterocycles. The van der Waals surface area contributed by atoms with Crippen molar-refractivity contribution in [3.05, 3.63) is 53.0 Å². The molecule has 1 heterocycles. The second-order valence-corrected chi connectivity index (χ2v) is 3.83. The van der Waals surface area contributed by atoms with E-state index in [9.17, 15) is 8.78 Å². The standard InChI is InChI=1S/C13H13F2NO2/c1-17-13-6-11(14)8(5-12(13)15)4-9-2-3-10(7-16)18-9/h2-3,5-6H,4,7,16H2,1H3. The first kappa shape index (κ1) is 12.6. The van der Waals surface area contributed by atoms with E-state index in [1.54, 1.807) is 12.1 Å². The first-order valence-corrected chi connectivity index (χ1v) is 5.43. The number of benzene rings is 1. The van der Waals surface area contributed by atoms with Gasteiger partial charge in [-0.3, -0.25) is 0 Å². The van der Waals surface area contributed by atoms with Gasteiger partial charge in [-0.05, 0) is 23.8 Å². The zero-order chi connectivity index (χ0) is 13.1. The van der Waals surface area contributed by atoms with Gasteiger partial charge in [0.25, 0.3) is 0 Å². The summed E-state index contributed by atoms with van der Waals surface area (Å²) in [7, 11) is 1.29. The second-order valence-electron chi connectivity index (χ2n) is 3.83. The zero-order valence-corrected chi connectivity index (χ0v) is 9.87. The number of halogens is 2. The van der Waals surface area contributed by atoms with Crippen molar-refractivity contribution in [2.45, 2.75) is 13.0 Å². The average molecular weight is 253 g/mol. The fourth-order valence-electron chi connectivity index (χ4n) is 1.68. The number of rotatable bonds is 4. The molecule has 2 N–H and O–H groups in total. The van der Waals surface area contributed by atoms with E-state index in [1.807, 2.05) is 0 Å². The maximum absolute atomic E-state index is 13.7. The van der Waals surface area contributed by atoms with Crippen LogP contribution in [0.1, 0.15) is 17.1 Å². The van der Waals surface area contributed by atoms with Crippen LogP contribution in [0.4, 0.5) is 8.78 Å². The molecular weight excluding hydrogens is 240 g/mol. The maximum atomic E-state index is 13.7. The summed E-state index contributed by atoms with van der Waals surface area (Å²) in [6, 6.07) is 5.55. The van der Waals surface area contributed by atoms with E-state index in [0.29, 0.717) is 11.5 Å². The molecule has 2 aromatic rings. The Bertz CT molecular complexity index is 552. The summed E-state index contributed by atoms with van der Waals surface area (Å²) < 4.78 is 37.2. The van der Waals surface area contributed by atoms with Gasteiger partial charge in [0.15, 0.2) is 11.6 Å². The average Bonchev–Trinajstić information content (AvgIpc) is 2.81. The Kier molecular flexibility index (Phi) is 3.62. The summed E-state index contributed by atoms with van der Waals surface area (Å²) in [5.41, 5.74) is 5.62. The van der Waals surface area contributed by atoms with Crippen LogP contribution < -0.4 is 10.5 Å². The van der Waals surface area contributed by atoms with Crippen LogP contribution in [-0.4, -0.2) is 7.11 Å². The van der Waals surface area contributed by atoms with Crippen LogP contribution in [0.3, 0.4) is 0 Å². The lowest BCUT2D eigenvalue weighted by Crippen LogP contribution is -1.97. The van der Waals surface area contributed by atoms with Crippen molar-refractivity contribution >= 4 is 0 Å².